The number of hydrogen-bond donors (Lipinski definition) is 1. The molecule has 26 heavy (non-hydrogen) atoms. The summed E-state index contributed by atoms with van der Waals surface area (Å²) in [4.78, 5) is 18.1. The van der Waals surface area contributed by atoms with E-state index < -0.39 is 0 Å². The number of nitrogens with zero attached hydrogens (tertiary/aromatic N) is 2. The van der Waals surface area contributed by atoms with Crippen LogP contribution in [0.2, 0.25) is 0 Å². The van der Waals surface area contributed by atoms with Gasteiger partial charge >= 0.3 is 0 Å². The van der Waals surface area contributed by atoms with E-state index in [0.717, 1.165) is 18.4 Å². The number of anilines is 1. The molecule has 1 aromatic carbocycles. The highest BCUT2D eigenvalue weighted by molar-refractivity contribution is 5.77. The monoisotopic (exact) mass is 359 g/mol. The van der Waals surface area contributed by atoms with Crippen molar-refractivity contribution in [3.05, 3.63) is 54.0 Å². The molecule has 1 atom stereocenters. The molecule has 2 aromatic rings. The number of ether oxygens (including phenoxy) is 2. The molecule has 0 radical (unpaired) electrons. The summed E-state index contributed by atoms with van der Waals surface area (Å²) in [6.45, 7) is 1.52. The highest BCUT2D eigenvalue weighted by Crippen LogP contribution is 2.15. The second-order valence-electron chi connectivity index (χ2n) is 6.20. The summed E-state index contributed by atoms with van der Waals surface area (Å²) in [7, 11) is 0. The minimum Gasteiger partial charge on any atom is -0.484 e. The first-order valence-corrected chi connectivity index (χ1v) is 8.58. The number of morpholine rings is 1. The highest BCUT2D eigenvalue weighted by Gasteiger charge is 2.24. The second-order valence-corrected chi connectivity index (χ2v) is 6.20. The maximum atomic E-state index is 12.9. The standard InChI is InChI=1S/C19H22FN3O3/c20-15-2-5-16(6-3-15)26-13-19(24)23-9-10-25-17(12-23)4-1-14-7-8-22-18(21)11-14/h2-3,5-8,11,17H,1,4,9-10,12-13H2,(H2,21,22). The number of amides is 1. The van der Waals surface area contributed by atoms with Crippen molar-refractivity contribution in [3.8, 4) is 5.75 Å². The number of aromatic nitrogens is 1. The number of aryl methyl sites for hydroxylation is 1. The van der Waals surface area contributed by atoms with Crippen molar-refractivity contribution in [3.63, 3.8) is 0 Å². The first kappa shape index (κ1) is 18.1. The third-order valence-corrected chi connectivity index (χ3v) is 4.27. The van der Waals surface area contributed by atoms with Gasteiger partial charge in [0.05, 0.1) is 12.7 Å². The molecule has 1 fully saturated rings. The number of pyridine rings is 1. The molecular formula is C19H22FN3O3. The minimum absolute atomic E-state index is 0.0205. The van der Waals surface area contributed by atoms with Crippen molar-refractivity contribution in [2.45, 2.75) is 18.9 Å². The van der Waals surface area contributed by atoms with Crippen LogP contribution in [0, 0.1) is 5.82 Å². The molecule has 3 rings (SSSR count). The smallest absolute Gasteiger partial charge is 0.260 e. The number of benzene rings is 1. The molecule has 0 spiro atoms. The Hall–Kier alpha value is -2.67. The first-order valence-electron chi connectivity index (χ1n) is 8.58. The van der Waals surface area contributed by atoms with Crippen LogP contribution in [0.3, 0.4) is 0 Å². The molecule has 2 heterocycles. The lowest BCUT2D eigenvalue weighted by atomic mass is 10.1. The minimum atomic E-state index is -0.337. The maximum Gasteiger partial charge on any atom is 0.260 e. The summed E-state index contributed by atoms with van der Waals surface area (Å²) in [6.07, 6.45) is 3.28. The largest absolute Gasteiger partial charge is 0.484 e. The Labute approximate surface area is 151 Å². The molecule has 2 N–H and O–H groups in total. The van der Waals surface area contributed by atoms with E-state index >= 15 is 0 Å². The molecule has 0 saturated carbocycles. The summed E-state index contributed by atoms with van der Waals surface area (Å²) in [5, 5.41) is 0. The van der Waals surface area contributed by atoms with E-state index in [9.17, 15) is 9.18 Å². The van der Waals surface area contributed by atoms with Gasteiger partial charge in [0, 0.05) is 19.3 Å². The van der Waals surface area contributed by atoms with Gasteiger partial charge in [-0.3, -0.25) is 4.79 Å². The van der Waals surface area contributed by atoms with Crippen LogP contribution in [0.15, 0.2) is 42.6 Å². The van der Waals surface area contributed by atoms with Crippen LogP contribution >= 0.6 is 0 Å². The van der Waals surface area contributed by atoms with Gasteiger partial charge in [-0.05, 0) is 54.8 Å². The zero-order chi connectivity index (χ0) is 18.4. The van der Waals surface area contributed by atoms with E-state index in [0.29, 0.717) is 31.3 Å². The molecule has 0 aliphatic carbocycles. The van der Waals surface area contributed by atoms with E-state index in [1.54, 1.807) is 11.1 Å². The van der Waals surface area contributed by atoms with Crippen molar-refractivity contribution in [2.75, 3.05) is 32.0 Å². The van der Waals surface area contributed by atoms with Crippen molar-refractivity contribution in [1.82, 2.24) is 9.88 Å². The SMILES string of the molecule is Nc1cc(CCC2CN(C(=O)COc3ccc(F)cc3)CCO2)ccn1. The number of rotatable bonds is 6. The number of hydrogen-bond acceptors (Lipinski definition) is 5. The summed E-state index contributed by atoms with van der Waals surface area (Å²) < 4.78 is 24.1. The Balaban J connectivity index is 1.46. The molecule has 7 heteroatoms. The second kappa shape index (κ2) is 8.62. The predicted molar refractivity (Wildman–Crippen MR) is 95.2 cm³/mol. The van der Waals surface area contributed by atoms with Crippen molar-refractivity contribution in [1.29, 1.82) is 0 Å². The summed E-state index contributed by atoms with van der Waals surface area (Å²) in [6, 6.07) is 9.39. The molecule has 1 aliphatic rings. The molecule has 1 aliphatic heterocycles. The maximum absolute atomic E-state index is 12.9. The highest BCUT2D eigenvalue weighted by atomic mass is 19.1. The fraction of sp³-hybridized carbons (Fsp3) is 0.368. The molecule has 1 unspecified atom stereocenters. The third kappa shape index (κ3) is 5.16. The Kier molecular flexibility index (Phi) is 6.01. The third-order valence-electron chi connectivity index (χ3n) is 4.27. The lowest BCUT2D eigenvalue weighted by Gasteiger charge is -2.33. The predicted octanol–water partition coefficient (Wildman–Crippen LogP) is 2.04. The quantitative estimate of drug-likeness (QED) is 0.854. The van der Waals surface area contributed by atoms with Crippen molar-refractivity contribution >= 4 is 11.7 Å². The van der Waals surface area contributed by atoms with Crippen LogP contribution < -0.4 is 10.5 Å². The normalized spacial score (nSPS) is 17.1. The van der Waals surface area contributed by atoms with E-state index in [1.807, 2.05) is 12.1 Å². The number of nitrogen functional groups attached to an aromatic ring is 1. The van der Waals surface area contributed by atoms with Crippen LogP contribution in [0.4, 0.5) is 10.2 Å². The molecule has 0 bridgehead atoms. The van der Waals surface area contributed by atoms with Gasteiger partial charge in [-0.2, -0.15) is 0 Å². The number of carbonyl (C=O) groups excluding carboxylic acids is 1. The van der Waals surface area contributed by atoms with Crippen LogP contribution in [0.1, 0.15) is 12.0 Å². The molecular weight excluding hydrogens is 337 g/mol. The lowest BCUT2D eigenvalue weighted by Crippen LogP contribution is -2.47. The zero-order valence-corrected chi connectivity index (χ0v) is 14.4. The Morgan fingerprint density at radius 1 is 1.35 bits per heavy atom. The molecule has 1 saturated heterocycles. The number of halogens is 1. The summed E-state index contributed by atoms with van der Waals surface area (Å²) in [5.41, 5.74) is 6.79. The van der Waals surface area contributed by atoms with Crippen LogP contribution in [-0.2, 0) is 16.0 Å². The first-order chi connectivity index (χ1) is 12.6. The van der Waals surface area contributed by atoms with Gasteiger partial charge in [0.25, 0.3) is 5.91 Å². The van der Waals surface area contributed by atoms with Crippen LogP contribution in [0.25, 0.3) is 0 Å². The zero-order valence-electron chi connectivity index (χ0n) is 14.4. The molecule has 1 aromatic heterocycles. The fourth-order valence-electron chi connectivity index (χ4n) is 2.87. The van der Waals surface area contributed by atoms with Gasteiger partial charge in [0.15, 0.2) is 6.61 Å². The van der Waals surface area contributed by atoms with Crippen LogP contribution in [-0.4, -0.2) is 48.2 Å². The van der Waals surface area contributed by atoms with E-state index in [1.165, 1.54) is 24.3 Å². The van der Waals surface area contributed by atoms with Crippen LogP contribution in [0.5, 0.6) is 5.75 Å². The Bertz CT molecular complexity index is 739. The van der Waals surface area contributed by atoms with Crippen molar-refractivity contribution < 1.29 is 18.7 Å². The van der Waals surface area contributed by atoms with Gasteiger partial charge in [-0.1, -0.05) is 0 Å². The Morgan fingerprint density at radius 3 is 2.92 bits per heavy atom. The van der Waals surface area contributed by atoms with Gasteiger partial charge in [0.2, 0.25) is 0 Å². The average molecular weight is 359 g/mol. The van der Waals surface area contributed by atoms with Crippen molar-refractivity contribution in [2.24, 2.45) is 0 Å². The molecule has 1 amide bonds. The van der Waals surface area contributed by atoms with Gasteiger partial charge in [0.1, 0.15) is 17.4 Å². The van der Waals surface area contributed by atoms with E-state index in [4.69, 9.17) is 15.2 Å². The summed E-state index contributed by atoms with van der Waals surface area (Å²) in [5.74, 6) is 0.535. The Morgan fingerprint density at radius 2 is 2.15 bits per heavy atom. The number of nitrogens with two attached hydrogens (primary N) is 1. The summed E-state index contributed by atoms with van der Waals surface area (Å²) >= 11 is 0. The molecule has 138 valence electrons. The average Bonchev–Trinajstić information content (AvgIpc) is 2.66. The van der Waals surface area contributed by atoms with Gasteiger partial charge in [-0.15, -0.1) is 0 Å². The fourth-order valence-corrected chi connectivity index (χ4v) is 2.87. The lowest BCUT2D eigenvalue weighted by molar-refractivity contribution is -0.141. The van der Waals surface area contributed by atoms with Gasteiger partial charge < -0.3 is 20.1 Å². The van der Waals surface area contributed by atoms with Gasteiger partial charge in [-0.25, -0.2) is 9.37 Å². The molecule has 6 nitrogen and oxygen atoms in total. The van der Waals surface area contributed by atoms with E-state index in [2.05, 4.69) is 4.98 Å². The number of carbonyl (C=O) groups is 1. The topological polar surface area (TPSA) is 77.7 Å². The van der Waals surface area contributed by atoms with E-state index in [-0.39, 0.29) is 24.4 Å².